The van der Waals surface area contributed by atoms with Crippen LogP contribution in [0.25, 0.3) is 11.1 Å². The number of benzene rings is 3. The average molecular weight is 460 g/mol. The summed E-state index contributed by atoms with van der Waals surface area (Å²) in [6.07, 6.45) is 6.54. The molecule has 0 heterocycles. The van der Waals surface area contributed by atoms with E-state index in [1.165, 1.54) is 47.1 Å². The van der Waals surface area contributed by atoms with Gasteiger partial charge in [0, 0.05) is 12.2 Å². The van der Waals surface area contributed by atoms with Crippen molar-refractivity contribution in [3.05, 3.63) is 77.4 Å². The molecular formula is C29H33NO4. The van der Waals surface area contributed by atoms with Gasteiger partial charge in [0.15, 0.2) is 6.61 Å². The fourth-order valence-electron chi connectivity index (χ4n) is 4.68. The molecule has 0 spiro atoms. The fourth-order valence-corrected chi connectivity index (χ4v) is 4.68. The van der Waals surface area contributed by atoms with Crippen molar-refractivity contribution in [2.24, 2.45) is 0 Å². The molecule has 178 valence electrons. The molecule has 0 atom stereocenters. The Morgan fingerprint density at radius 1 is 0.941 bits per heavy atom. The summed E-state index contributed by atoms with van der Waals surface area (Å²) < 4.78 is 11.5. The Hall–Kier alpha value is -3.47. The third-order valence-electron chi connectivity index (χ3n) is 6.29. The van der Waals surface area contributed by atoms with Crippen molar-refractivity contribution in [3.63, 3.8) is 0 Å². The largest absolute Gasteiger partial charge is 0.490 e. The minimum Gasteiger partial charge on any atom is -0.490 e. The molecule has 0 aromatic heterocycles. The topological polar surface area (TPSA) is 67.8 Å². The summed E-state index contributed by atoms with van der Waals surface area (Å²) in [4.78, 5) is 10.6. The predicted molar refractivity (Wildman–Crippen MR) is 136 cm³/mol. The van der Waals surface area contributed by atoms with Crippen molar-refractivity contribution in [1.29, 1.82) is 0 Å². The Balaban J connectivity index is 1.42. The Labute approximate surface area is 201 Å². The maximum atomic E-state index is 10.6. The van der Waals surface area contributed by atoms with Crippen LogP contribution in [0.1, 0.15) is 48.8 Å². The number of carbonyl (C=O) groups is 1. The molecule has 1 fully saturated rings. The molecule has 34 heavy (non-hydrogen) atoms. The summed E-state index contributed by atoms with van der Waals surface area (Å²) >= 11 is 0. The number of hydrogen-bond acceptors (Lipinski definition) is 4. The highest BCUT2D eigenvalue weighted by molar-refractivity contribution is 5.72. The SMILES string of the molecule is Cc1cc(OC2CCCCC2)cc(C)c1-c1cccc(CNc2ccc(OCC(=O)O)cc2)c1. The number of ether oxygens (including phenoxy) is 2. The third kappa shape index (κ3) is 6.31. The molecule has 0 unspecified atom stereocenters. The molecule has 1 aliphatic rings. The van der Waals surface area contributed by atoms with Gasteiger partial charge in [-0.05, 0) is 110 Å². The van der Waals surface area contributed by atoms with E-state index >= 15 is 0 Å². The molecule has 5 nitrogen and oxygen atoms in total. The lowest BCUT2D eigenvalue weighted by Crippen LogP contribution is -2.19. The highest BCUT2D eigenvalue weighted by Gasteiger charge is 2.16. The smallest absolute Gasteiger partial charge is 0.341 e. The lowest BCUT2D eigenvalue weighted by Gasteiger charge is -2.24. The summed E-state index contributed by atoms with van der Waals surface area (Å²) in [6.45, 7) is 4.67. The van der Waals surface area contributed by atoms with Gasteiger partial charge in [0.05, 0.1) is 6.10 Å². The Kier molecular flexibility index (Phi) is 7.73. The number of carboxylic acid groups (broad SMARTS) is 1. The zero-order valence-corrected chi connectivity index (χ0v) is 20.0. The van der Waals surface area contributed by atoms with Crippen LogP contribution in [0.5, 0.6) is 11.5 Å². The molecule has 3 aromatic carbocycles. The van der Waals surface area contributed by atoms with Crippen LogP contribution in [0.4, 0.5) is 5.69 Å². The zero-order chi connectivity index (χ0) is 23.9. The Morgan fingerprint density at radius 2 is 1.65 bits per heavy atom. The first-order chi connectivity index (χ1) is 16.5. The summed E-state index contributed by atoms with van der Waals surface area (Å²) in [6, 6.07) is 20.3. The van der Waals surface area contributed by atoms with Crippen LogP contribution in [0.3, 0.4) is 0 Å². The van der Waals surface area contributed by atoms with Crippen molar-refractivity contribution in [3.8, 4) is 22.6 Å². The van der Waals surface area contributed by atoms with E-state index in [-0.39, 0.29) is 6.61 Å². The van der Waals surface area contributed by atoms with Crippen LogP contribution in [-0.2, 0) is 11.3 Å². The number of anilines is 1. The number of aliphatic carboxylic acids is 1. The molecule has 3 aromatic rings. The van der Waals surface area contributed by atoms with E-state index in [4.69, 9.17) is 14.6 Å². The van der Waals surface area contributed by atoms with Gasteiger partial charge in [0.25, 0.3) is 0 Å². The first-order valence-corrected chi connectivity index (χ1v) is 12.0. The number of hydrogen-bond donors (Lipinski definition) is 2. The highest BCUT2D eigenvalue weighted by atomic mass is 16.5. The van der Waals surface area contributed by atoms with Crippen molar-refractivity contribution >= 4 is 11.7 Å². The normalized spacial score (nSPS) is 13.9. The third-order valence-corrected chi connectivity index (χ3v) is 6.29. The van der Waals surface area contributed by atoms with E-state index in [1.54, 1.807) is 12.1 Å². The van der Waals surface area contributed by atoms with Gasteiger partial charge in [-0.25, -0.2) is 4.79 Å². The molecule has 1 aliphatic carbocycles. The van der Waals surface area contributed by atoms with E-state index < -0.39 is 5.97 Å². The molecule has 2 N–H and O–H groups in total. The van der Waals surface area contributed by atoms with Gasteiger partial charge < -0.3 is 19.9 Å². The second kappa shape index (κ2) is 11.1. The number of aryl methyl sites for hydroxylation is 2. The summed E-state index contributed by atoms with van der Waals surface area (Å²) in [5.74, 6) is 0.537. The van der Waals surface area contributed by atoms with Gasteiger partial charge >= 0.3 is 5.97 Å². The first kappa shape index (κ1) is 23.7. The molecule has 0 aliphatic heterocycles. The standard InChI is InChI=1S/C29H33NO4/c1-20-15-27(34-26-9-4-3-5-10-26)16-21(2)29(20)23-8-6-7-22(17-23)18-30-24-11-13-25(14-12-24)33-19-28(31)32/h6-8,11-17,26,30H,3-5,9-10,18-19H2,1-2H3,(H,31,32). The summed E-state index contributed by atoms with van der Waals surface area (Å²) in [7, 11) is 0. The molecule has 0 bridgehead atoms. The average Bonchev–Trinajstić information content (AvgIpc) is 2.82. The van der Waals surface area contributed by atoms with Crippen molar-refractivity contribution in [1.82, 2.24) is 0 Å². The maximum absolute atomic E-state index is 10.6. The Morgan fingerprint density at radius 3 is 2.32 bits per heavy atom. The molecule has 0 radical (unpaired) electrons. The molecule has 4 rings (SSSR count). The minimum atomic E-state index is -0.987. The van der Waals surface area contributed by atoms with Crippen LogP contribution in [0.2, 0.25) is 0 Å². The van der Waals surface area contributed by atoms with Crippen LogP contribution in [0, 0.1) is 13.8 Å². The van der Waals surface area contributed by atoms with Crippen molar-refractivity contribution in [2.45, 2.75) is 58.6 Å². The number of nitrogens with one attached hydrogen (secondary N) is 1. The predicted octanol–water partition coefficient (Wildman–Crippen LogP) is 6.76. The lowest BCUT2D eigenvalue weighted by atomic mass is 9.94. The van der Waals surface area contributed by atoms with Gasteiger partial charge in [0.2, 0.25) is 0 Å². The molecule has 1 saturated carbocycles. The van der Waals surface area contributed by atoms with Crippen LogP contribution < -0.4 is 14.8 Å². The number of rotatable bonds is 9. The van der Waals surface area contributed by atoms with Crippen molar-refractivity contribution < 1.29 is 19.4 Å². The Bertz CT molecular complexity index is 1090. The van der Waals surface area contributed by atoms with Gasteiger partial charge in [-0.3, -0.25) is 0 Å². The first-order valence-electron chi connectivity index (χ1n) is 12.0. The van der Waals surface area contributed by atoms with Gasteiger partial charge in [-0.2, -0.15) is 0 Å². The molecule has 0 saturated heterocycles. The van der Waals surface area contributed by atoms with E-state index in [9.17, 15) is 4.79 Å². The number of carboxylic acids is 1. The molecular weight excluding hydrogens is 426 g/mol. The second-order valence-corrected chi connectivity index (χ2v) is 9.07. The highest BCUT2D eigenvalue weighted by Crippen LogP contribution is 2.33. The summed E-state index contributed by atoms with van der Waals surface area (Å²) in [5.41, 5.74) is 7.06. The monoisotopic (exact) mass is 459 g/mol. The molecule has 5 heteroatoms. The fraction of sp³-hybridized carbons (Fsp3) is 0.345. The quantitative estimate of drug-likeness (QED) is 0.370. The minimum absolute atomic E-state index is 0.341. The van der Waals surface area contributed by atoms with E-state index in [0.717, 1.165) is 24.3 Å². The van der Waals surface area contributed by atoms with Crippen LogP contribution in [-0.4, -0.2) is 23.8 Å². The maximum Gasteiger partial charge on any atom is 0.341 e. The zero-order valence-electron chi connectivity index (χ0n) is 20.0. The second-order valence-electron chi connectivity index (χ2n) is 9.07. The van der Waals surface area contributed by atoms with Crippen LogP contribution in [0.15, 0.2) is 60.7 Å². The van der Waals surface area contributed by atoms with Gasteiger partial charge in [-0.15, -0.1) is 0 Å². The lowest BCUT2D eigenvalue weighted by molar-refractivity contribution is -0.139. The van der Waals surface area contributed by atoms with Crippen molar-refractivity contribution in [2.75, 3.05) is 11.9 Å². The summed E-state index contributed by atoms with van der Waals surface area (Å²) in [5, 5.41) is 12.1. The van der Waals surface area contributed by atoms with E-state index in [0.29, 0.717) is 18.4 Å². The van der Waals surface area contributed by atoms with Gasteiger partial charge in [0.1, 0.15) is 11.5 Å². The van der Waals surface area contributed by atoms with Gasteiger partial charge in [-0.1, -0.05) is 24.6 Å². The van der Waals surface area contributed by atoms with E-state index in [1.807, 2.05) is 12.1 Å². The van der Waals surface area contributed by atoms with E-state index in [2.05, 4.69) is 55.6 Å². The van der Waals surface area contributed by atoms with Crippen LogP contribution >= 0.6 is 0 Å². The molecule has 0 amide bonds.